The molecule has 0 saturated carbocycles. The van der Waals surface area contributed by atoms with Gasteiger partial charge in [0.15, 0.2) is 5.17 Å². The van der Waals surface area contributed by atoms with E-state index in [-0.39, 0.29) is 20.7 Å². The van der Waals surface area contributed by atoms with Crippen molar-refractivity contribution in [2.45, 2.75) is 0 Å². The van der Waals surface area contributed by atoms with Gasteiger partial charge < -0.3 is 4.74 Å². The van der Waals surface area contributed by atoms with Gasteiger partial charge in [0.2, 0.25) is 0 Å². The molecule has 2 amide bonds. The zero-order valence-corrected chi connectivity index (χ0v) is 15.7. The van der Waals surface area contributed by atoms with E-state index in [1.165, 1.54) is 12.0 Å². The second kappa shape index (κ2) is 8.20. The first kappa shape index (κ1) is 18.9. The Morgan fingerprint density at radius 1 is 1.11 bits per heavy atom. The number of anilines is 1. The average Bonchev–Trinajstić information content (AvgIpc) is 2.97. The molecule has 0 unspecified atom stereocenters. The van der Waals surface area contributed by atoms with Crippen molar-refractivity contribution in [3.05, 3.63) is 76.2 Å². The first-order valence-electron chi connectivity index (χ1n) is 7.76. The summed E-state index contributed by atoms with van der Waals surface area (Å²) in [4.78, 5) is 42.3. The highest BCUT2D eigenvalue weighted by Gasteiger charge is 2.36. The predicted octanol–water partition coefficient (Wildman–Crippen LogP) is 3.67. The summed E-state index contributed by atoms with van der Waals surface area (Å²) in [6, 6.07) is 15.2. The lowest BCUT2D eigenvalue weighted by atomic mass is 10.2. The van der Waals surface area contributed by atoms with Gasteiger partial charge in [0.05, 0.1) is 28.3 Å². The quantitative estimate of drug-likeness (QED) is 0.580. The Kier molecular flexibility index (Phi) is 5.73. The topological polar surface area (TPSA) is 76.0 Å². The van der Waals surface area contributed by atoms with Gasteiger partial charge in [-0.3, -0.25) is 14.5 Å². The normalized spacial score (nSPS) is 16.8. The first-order valence-corrected chi connectivity index (χ1v) is 8.95. The van der Waals surface area contributed by atoms with Crippen LogP contribution in [-0.2, 0) is 14.3 Å². The van der Waals surface area contributed by atoms with Crippen molar-refractivity contribution in [2.24, 2.45) is 4.99 Å². The summed E-state index contributed by atoms with van der Waals surface area (Å²) in [7, 11) is 1.22. The van der Waals surface area contributed by atoms with E-state index in [1.54, 1.807) is 54.6 Å². The largest absolute Gasteiger partial charge is 0.466 e. The maximum absolute atomic E-state index is 12.8. The molecule has 1 saturated heterocycles. The predicted molar refractivity (Wildman–Crippen MR) is 105 cm³/mol. The molecule has 0 aliphatic carbocycles. The standard InChI is InChI=1S/C19H13ClN2O4S/c1-26-16(23)11-15-18(25)22(12-7-3-2-4-8-12)19(27-15)21-17(24)13-9-5-6-10-14(13)20/h2-11H,1H3. The van der Waals surface area contributed by atoms with Gasteiger partial charge in [-0.25, -0.2) is 4.79 Å². The van der Waals surface area contributed by atoms with Crippen LogP contribution in [0.1, 0.15) is 10.4 Å². The van der Waals surface area contributed by atoms with Crippen LogP contribution in [0.2, 0.25) is 5.02 Å². The first-order chi connectivity index (χ1) is 13.0. The summed E-state index contributed by atoms with van der Waals surface area (Å²) in [6.07, 6.45) is 1.07. The minimum atomic E-state index is -0.669. The molecule has 1 fully saturated rings. The summed E-state index contributed by atoms with van der Waals surface area (Å²) >= 11 is 6.97. The van der Waals surface area contributed by atoms with Gasteiger partial charge >= 0.3 is 5.97 Å². The van der Waals surface area contributed by atoms with Gasteiger partial charge in [-0.15, -0.1) is 0 Å². The molecule has 0 N–H and O–H groups in total. The summed E-state index contributed by atoms with van der Waals surface area (Å²) in [5, 5.41) is 0.393. The molecule has 2 aromatic rings. The second-order valence-electron chi connectivity index (χ2n) is 5.29. The molecule has 0 spiro atoms. The maximum atomic E-state index is 12.8. The van der Waals surface area contributed by atoms with Crippen molar-refractivity contribution in [2.75, 3.05) is 12.0 Å². The zero-order chi connectivity index (χ0) is 19.4. The van der Waals surface area contributed by atoms with Crippen LogP contribution >= 0.6 is 23.4 Å². The Bertz CT molecular complexity index is 973. The highest BCUT2D eigenvalue weighted by Crippen LogP contribution is 2.35. The van der Waals surface area contributed by atoms with E-state index in [0.717, 1.165) is 17.8 Å². The Labute approximate surface area is 164 Å². The van der Waals surface area contributed by atoms with Crippen LogP contribution < -0.4 is 4.90 Å². The van der Waals surface area contributed by atoms with Crippen LogP contribution in [0.5, 0.6) is 0 Å². The lowest BCUT2D eigenvalue weighted by Gasteiger charge is -2.15. The Balaban J connectivity index is 2.04. The lowest BCUT2D eigenvalue weighted by Crippen LogP contribution is -2.29. The van der Waals surface area contributed by atoms with Crippen molar-refractivity contribution in [1.82, 2.24) is 0 Å². The average molecular weight is 401 g/mol. The molecule has 0 atom stereocenters. The van der Waals surface area contributed by atoms with E-state index in [1.807, 2.05) is 0 Å². The fourth-order valence-electron chi connectivity index (χ4n) is 2.30. The molecule has 6 nitrogen and oxygen atoms in total. The van der Waals surface area contributed by atoms with E-state index in [0.29, 0.717) is 5.69 Å². The number of benzene rings is 2. The molecule has 0 bridgehead atoms. The molecule has 0 aromatic heterocycles. The number of nitrogens with zero attached hydrogens (tertiary/aromatic N) is 2. The molecular formula is C19H13ClN2O4S. The van der Waals surface area contributed by atoms with Crippen LogP contribution in [-0.4, -0.2) is 30.1 Å². The molecule has 136 valence electrons. The number of methoxy groups -OCH3 is 1. The fraction of sp³-hybridized carbons (Fsp3) is 0.0526. The molecule has 2 aromatic carbocycles. The third kappa shape index (κ3) is 4.10. The number of para-hydroxylation sites is 1. The monoisotopic (exact) mass is 400 g/mol. The fourth-order valence-corrected chi connectivity index (χ4v) is 3.46. The van der Waals surface area contributed by atoms with Gasteiger partial charge in [-0.05, 0) is 36.0 Å². The number of esters is 1. The van der Waals surface area contributed by atoms with Gasteiger partial charge in [0.25, 0.3) is 11.8 Å². The highest BCUT2D eigenvalue weighted by atomic mass is 35.5. The van der Waals surface area contributed by atoms with Gasteiger partial charge in [-0.1, -0.05) is 41.9 Å². The number of carbonyl (C=O) groups excluding carboxylic acids is 3. The zero-order valence-electron chi connectivity index (χ0n) is 14.1. The molecule has 1 aliphatic heterocycles. The van der Waals surface area contributed by atoms with E-state index in [4.69, 9.17) is 11.6 Å². The SMILES string of the molecule is COC(=O)C=C1SC(=NC(=O)c2ccccc2Cl)N(c2ccccc2)C1=O. The number of ether oxygens (including phenoxy) is 1. The summed E-state index contributed by atoms with van der Waals surface area (Å²) < 4.78 is 4.58. The molecule has 3 rings (SSSR count). The molecular weight excluding hydrogens is 388 g/mol. The lowest BCUT2D eigenvalue weighted by molar-refractivity contribution is -0.135. The minimum absolute atomic E-state index is 0.108. The molecule has 1 heterocycles. The number of carbonyl (C=O) groups is 3. The summed E-state index contributed by atoms with van der Waals surface area (Å²) in [5.41, 5.74) is 0.743. The second-order valence-corrected chi connectivity index (χ2v) is 6.71. The number of thioether (sulfide) groups is 1. The van der Waals surface area contributed by atoms with Crippen molar-refractivity contribution >= 4 is 52.0 Å². The van der Waals surface area contributed by atoms with E-state index < -0.39 is 17.8 Å². The summed E-state index contributed by atoms with van der Waals surface area (Å²) in [5.74, 6) is -1.73. The van der Waals surface area contributed by atoms with Gasteiger partial charge in [-0.2, -0.15) is 4.99 Å². The van der Waals surface area contributed by atoms with Crippen LogP contribution in [0.4, 0.5) is 5.69 Å². The number of hydrogen-bond donors (Lipinski definition) is 0. The smallest absolute Gasteiger partial charge is 0.331 e. The van der Waals surface area contributed by atoms with Gasteiger partial charge in [0.1, 0.15) is 0 Å². The van der Waals surface area contributed by atoms with Crippen LogP contribution in [0.25, 0.3) is 0 Å². The van der Waals surface area contributed by atoms with Crippen molar-refractivity contribution < 1.29 is 19.1 Å². The molecule has 8 heteroatoms. The number of aliphatic imine (C=N–C) groups is 1. The molecule has 27 heavy (non-hydrogen) atoms. The Morgan fingerprint density at radius 3 is 2.44 bits per heavy atom. The van der Waals surface area contributed by atoms with Crippen LogP contribution in [0, 0.1) is 0 Å². The number of halogens is 1. The summed E-state index contributed by atoms with van der Waals surface area (Å²) in [6.45, 7) is 0. The van der Waals surface area contributed by atoms with Crippen LogP contribution in [0.15, 0.2) is 70.6 Å². The van der Waals surface area contributed by atoms with Crippen molar-refractivity contribution in [3.8, 4) is 0 Å². The molecule has 1 aliphatic rings. The van der Waals surface area contributed by atoms with Gasteiger partial charge in [0, 0.05) is 6.08 Å². The Hall–Kier alpha value is -2.90. The maximum Gasteiger partial charge on any atom is 0.331 e. The van der Waals surface area contributed by atoms with E-state index in [9.17, 15) is 14.4 Å². The number of hydrogen-bond acceptors (Lipinski definition) is 5. The van der Waals surface area contributed by atoms with E-state index >= 15 is 0 Å². The minimum Gasteiger partial charge on any atom is -0.466 e. The van der Waals surface area contributed by atoms with Crippen molar-refractivity contribution in [1.29, 1.82) is 0 Å². The van der Waals surface area contributed by atoms with Crippen molar-refractivity contribution in [3.63, 3.8) is 0 Å². The molecule has 0 radical (unpaired) electrons. The third-order valence-corrected chi connectivity index (χ3v) is 4.87. The third-order valence-electron chi connectivity index (χ3n) is 3.57. The number of amidine groups is 1. The highest BCUT2D eigenvalue weighted by molar-refractivity contribution is 8.19. The number of rotatable bonds is 3. The van der Waals surface area contributed by atoms with Crippen LogP contribution in [0.3, 0.4) is 0 Å². The number of amides is 2. The van der Waals surface area contributed by atoms with E-state index in [2.05, 4.69) is 9.73 Å². The Morgan fingerprint density at radius 2 is 1.78 bits per heavy atom.